The second kappa shape index (κ2) is 12.7. The minimum absolute atomic E-state index is 0.0896. The molecule has 0 atom stereocenters. The summed E-state index contributed by atoms with van der Waals surface area (Å²) in [5.74, 6) is 1.01. The summed E-state index contributed by atoms with van der Waals surface area (Å²) < 4.78 is 37.1. The van der Waals surface area contributed by atoms with Gasteiger partial charge in [0.15, 0.2) is 23.0 Å². The van der Waals surface area contributed by atoms with Crippen LogP contribution in [0, 0.1) is 9.39 Å². The quantitative estimate of drug-likeness (QED) is 0.174. The Bertz CT molecular complexity index is 1380. The lowest BCUT2D eigenvalue weighted by Crippen LogP contribution is -2.32. The molecule has 0 aromatic heterocycles. The van der Waals surface area contributed by atoms with Crippen molar-refractivity contribution in [2.24, 2.45) is 0 Å². The third-order valence-electron chi connectivity index (χ3n) is 5.49. The van der Waals surface area contributed by atoms with Crippen LogP contribution in [0.1, 0.15) is 11.1 Å². The number of para-hydroxylation sites is 2. The van der Waals surface area contributed by atoms with E-state index in [4.69, 9.17) is 30.5 Å². The van der Waals surface area contributed by atoms with Crippen molar-refractivity contribution in [3.8, 4) is 23.0 Å². The maximum Gasteiger partial charge on any atom is 0.293 e. The van der Waals surface area contributed by atoms with Crippen molar-refractivity contribution in [2.75, 3.05) is 27.4 Å². The Balaban J connectivity index is 1.46. The summed E-state index contributed by atoms with van der Waals surface area (Å²) in [6.45, 7) is 0.120. The Morgan fingerprint density at radius 3 is 2.45 bits per heavy atom. The van der Waals surface area contributed by atoms with Gasteiger partial charge in [0.25, 0.3) is 11.1 Å². The molecule has 0 bridgehead atoms. The maximum absolute atomic E-state index is 14.1. The van der Waals surface area contributed by atoms with Crippen LogP contribution >= 0.6 is 46.0 Å². The summed E-state index contributed by atoms with van der Waals surface area (Å²) in [4.78, 5) is 26.9. The second-order valence-corrected chi connectivity index (χ2v) is 10.4. The highest BCUT2D eigenvalue weighted by molar-refractivity contribution is 14.1. The Morgan fingerprint density at radius 2 is 1.74 bits per heavy atom. The van der Waals surface area contributed by atoms with Crippen molar-refractivity contribution in [2.45, 2.75) is 6.61 Å². The molecule has 0 spiro atoms. The van der Waals surface area contributed by atoms with Gasteiger partial charge in [-0.15, -0.1) is 0 Å². The van der Waals surface area contributed by atoms with Crippen molar-refractivity contribution in [1.82, 2.24) is 4.90 Å². The molecule has 11 heteroatoms. The molecule has 2 amide bonds. The molecule has 7 nitrogen and oxygen atoms in total. The number of hydrogen-bond acceptors (Lipinski definition) is 7. The summed E-state index contributed by atoms with van der Waals surface area (Å²) in [7, 11) is 3.02. The Morgan fingerprint density at radius 1 is 1.00 bits per heavy atom. The molecule has 1 saturated heterocycles. The van der Waals surface area contributed by atoms with Crippen LogP contribution in [0.3, 0.4) is 0 Å². The molecule has 1 fully saturated rings. The monoisotopic (exact) mass is 669 g/mol. The molecule has 0 unspecified atom stereocenters. The summed E-state index contributed by atoms with van der Waals surface area (Å²) in [6, 6.07) is 15.0. The fourth-order valence-corrected chi connectivity index (χ4v) is 5.47. The molecule has 3 aromatic carbocycles. The van der Waals surface area contributed by atoms with E-state index in [2.05, 4.69) is 22.6 Å². The second-order valence-electron chi connectivity index (χ2n) is 7.86. The van der Waals surface area contributed by atoms with Gasteiger partial charge in [0.1, 0.15) is 19.0 Å². The maximum atomic E-state index is 14.1. The zero-order valence-electron chi connectivity index (χ0n) is 20.3. The number of benzene rings is 3. The zero-order valence-corrected chi connectivity index (χ0v) is 24.1. The molecular weight excluding hydrogens is 648 g/mol. The first-order chi connectivity index (χ1) is 18.3. The average Bonchev–Trinajstić information content (AvgIpc) is 3.16. The number of hydrogen-bond donors (Lipinski definition) is 0. The summed E-state index contributed by atoms with van der Waals surface area (Å²) in [5, 5.41) is -0.118. The smallest absolute Gasteiger partial charge is 0.293 e. The molecule has 1 aliphatic rings. The summed E-state index contributed by atoms with van der Waals surface area (Å²) in [6.07, 6.45) is 1.62. The number of halogens is 3. The lowest BCUT2D eigenvalue weighted by Gasteiger charge is -2.15. The van der Waals surface area contributed by atoms with E-state index in [9.17, 15) is 14.0 Å². The van der Waals surface area contributed by atoms with Crippen molar-refractivity contribution < 1.29 is 32.9 Å². The van der Waals surface area contributed by atoms with E-state index in [1.54, 1.807) is 36.4 Å². The number of amides is 2. The van der Waals surface area contributed by atoms with Gasteiger partial charge in [-0.05, 0) is 82.4 Å². The fraction of sp³-hybridized carbons (Fsp3) is 0.185. The predicted molar refractivity (Wildman–Crippen MR) is 153 cm³/mol. The van der Waals surface area contributed by atoms with Crippen molar-refractivity contribution in [1.29, 1.82) is 0 Å². The molecule has 38 heavy (non-hydrogen) atoms. The molecule has 0 saturated carbocycles. The van der Waals surface area contributed by atoms with E-state index >= 15 is 0 Å². The molecule has 198 valence electrons. The summed E-state index contributed by atoms with van der Waals surface area (Å²) in [5.41, 5.74) is 0.873. The van der Waals surface area contributed by atoms with Crippen LogP contribution in [0.4, 0.5) is 9.18 Å². The molecule has 0 N–H and O–H groups in total. The van der Waals surface area contributed by atoms with Gasteiger partial charge in [-0.3, -0.25) is 14.5 Å². The number of nitrogens with zero attached hydrogens (tertiary/aromatic N) is 1. The Kier molecular flexibility index (Phi) is 9.40. The molecule has 1 aliphatic heterocycles. The minimum atomic E-state index is -0.466. The number of ether oxygens (including phenoxy) is 4. The van der Waals surface area contributed by atoms with Crippen LogP contribution in [0.25, 0.3) is 6.08 Å². The highest BCUT2D eigenvalue weighted by Gasteiger charge is 2.35. The third kappa shape index (κ3) is 6.36. The van der Waals surface area contributed by atoms with Crippen LogP contribution in [-0.4, -0.2) is 43.4 Å². The van der Waals surface area contributed by atoms with Crippen molar-refractivity contribution in [3.63, 3.8) is 0 Å². The van der Waals surface area contributed by atoms with Crippen LogP contribution in [0.15, 0.2) is 59.5 Å². The number of carbonyl (C=O) groups excluding carboxylic acids is 2. The lowest BCUT2D eigenvalue weighted by molar-refractivity contribution is -0.123. The van der Waals surface area contributed by atoms with Gasteiger partial charge in [-0.2, -0.15) is 0 Å². The molecule has 0 aliphatic carbocycles. The van der Waals surface area contributed by atoms with E-state index in [1.807, 2.05) is 12.1 Å². The van der Waals surface area contributed by atoms with Gasteiger partial charge in [-0.1, -0.05) is 29.8 Å². The van der Waals surface area contributed by atoms with Gasteiger partial charge in [0, 0.05) is 5.56 Å². The van der Waals surface area contributed by atoms with E-state index in [0.717, 1.165) is 16.7 Å². The standard InChI is InChI=1S/C27H22ClFINO6S/c1-34-21-8-3-4-9-22(21)36-11-10-31-26(32)24(38-27(31)33)14-16-12-20(30)25(23(13-16)35-2)37-15-17-18(28)6-5-7-19(17)29/h3-9,12-14H,10-11,15H2,1-2H3/b24-14-. The van der Waals surface area contributed by atoms with E-state index in [0.29, 0.717) is 32.1 Å². The highest BCUT2D eigenvalue weighted by Crippen LogP contribution is 2.38. The number of methoxy groups -OCH3 is 2. The number of thioether (sulfide) groups is 1. The molecular formula is C27H22ClFINO6S. The van der Waals surface area contributed by atoms with Gasteiger partial charge in [0.05, 0.1) is 34.3 Å². The molecule has 0 radical (unpaired) electrons. The van der Waals surface area contributed by atoms with Gasteiger partial charge in [0.2, 0.25) is 0 Å². The topological polar surface area (TPSA) is 74.3 Å². The first-order valence-electron chi connectivity index (χ1n) is 11.3. The van der Waals surface area contributed by atoms with E-state index in [1.165, 1.54) is 26.4 Å². The van der Waals surface area contributed by atoms with Crippen LogP contribution in [0.2, 0.25) is 5.02 Å². The van der Waals surface area contributed by atoms with Crippen molar-refractivity contribution in [3.05, 3.63) is 85.0 Å². The van der Waals surface area contributed by atoms with Gasteiger partial charge in [-0.25, -0.2) is 4.39 Å². The van der Waals surface area contributed by atoms with Crippen LogP contribution in [-0.2, 0) is 11.4 Å². The Hall–Kier alpha value is -2.96. The third-order valence-corrected chi connectivity index (χ3v) is 7.55. The first-order valence-corrected chi connectivity index (χ1v) is 13.5. The molecule has 4 rings (SSSR count). The van der Waals surface area contributed by atoms with Crippen LogP contribution in [0.5, 0.6) is 23.0 Å². The number of carbonyl (C=O) groups is 2. The fourth-order valence-electron chi connectivity index (χ4n) is 3.61. The molecule has 1 heterocycles. The van der Waals surface area contributed by atoms with Crippen LogP contribution < -0.4 is 18.9 Å². The average molecular weight is 670 g/mol. The molecule has 3 aromatic rings. The van der Waals surface area contributed by atoms with Gasteiger partial charge >= 0.3 is 0 Å². The zero-order chi connectivity index (χ0) is 27.2. The predicted octanol–water partition coefficient (Wildman–Crippen LogP) is 6.80. The lowest BCUT2D eigenvalue weighted by atomic mass is 10.1. The van der Waals surface area contributed by atoms with E-state index < -0.39 is 11.7 Å². The Labute approximate surface area is 242 Å². The number of rotatable bonds is 10. The minimum Gasteiger partial charge on any atom is -0.493 e. The largest absolute Gasteiger partial charge is 0.493 e. The first kappa shape index (κ1) is 28.1. The highest BCUT2D eigenvalue weighted by atomic mass is 127. The van der Waals surface area contributed by atoms with Crippen molar-refractivity contribution >= 4 is 63.2 Å². The van der Waals surface area contributed by atoms with E-state index in [-0.39, 0.29) is 40.5 Å². The SMILES string of the molecule is COc1ccccc1OCCN1C(=O)S/C(=C\c2cc(I)c(OCc3c(F)cccc3Cl)c(OC)c2)C1=O. The normalized spacial score (nSPS) is 14.2. The number of imide groups is 1. The summed E-state index contributed by atoms with van der Waals surface area (Å²) >= 11 is 9.02. The van der Waals surface area contributed by atoms with Gasteiger partial charge < -0.3 is 18.9 Å².